The lowest BCUT2D eigenvalue weighted by molar-refractivity contribution is -0.127. The predicted molar refractivity (Wildman–Crippen MR) is 121 cm³/mol. The minimum atomic E-state index is -0.399. The Labute approximate surface area is 187 Å². The van der Waals surface area contributed by atoms with E-state index in [1.807, 2.05) is 4.90 Å². The normalized spacial score (nSPS) is 14.5. The molecule has 0 aromatic heterocycles. The second-order valence-corrected chi connectivity index (χ2v) is 7.78. The van der Waals surface area contributed by atoms with E-state index in [2.05, 4.69) is 5.32 Å². The van der Waals surface area contributed by atoms with Crippen molar-refractivity contribution in [3.05, 3.63) is 64.3 Å². The van der Waals surface area contributed by atoms with Crippen molar-refractivity contribution in [3.63, 3.8) is 0 Å². The van der Waals surface area contributed by atoms with E-state index in [1.165, 1.54) is 14.2 Å². The van der Waals surface area contributed by atoms with Gasteiger partial charge in [0.25, 0.3) is 11.8 Å². The summed E-state index contributed by atoms with van der Waals surface area (Å²) < 4.78 is 10.5. The molecule has 1 saturated heterocycles. The fourth-order valence-corrected chi connectivity index (χ4v) is 3.62. The molecule has 1 heterocycles. The highest BCUT2D eigenvalue weighted by atomic mass is 35.5. The molecule has 2 aromatic carbocycles. The monoisotopic (exact) mass is 442 g/mol. The quantitative estimate of drug-likeness (QED) is 0.667. The van der Waals surface area contributed by atoms with Gasteiger partial charge >= 0.3 is 0 Å². The van der Waals surface area contributed by atoms with E-state index in [0.717, 1.165) is 31.2 Å². The number of methoxy groups -OCH3 is 2. The summed E-state index contributed by atoms with van der Waals surface area (Å²) in [5, 5.41) is 3.41. The summed E-state index contributed by atoms with van der Waals surface area (Å²) in [4.78, 5) is 28.1. The Morgan fingerprint density at radius 2 is 1.58 bits per heavy atom. The highest BCUT2D eigenvalue weighted by molar-refractivity contribution is 6.30. The number of carbonyl (C=O) groups excluding carboxylic acids is 2. The summed E-state index contributed by atoms with van der Waals surface area (Å²) in [7, 11) is 3.04. The number of benzene rings is 2. The van der Waals surface area contributed by atoms with E-state index in [4.69, 9.17) is 21.1 Å². The van der Waals surface area contributed by atoms with Crippen molar-refractivity contribution in [2.75, 3.05) is 27.3 Å². The Morgan fingerprint density at radius 1 is 0.935 bits per heavy atom. The second kappa shape index (κ2) is 10.9. The number of nitrogens with zero attached hydrogens (tertiary/aromatic N) is 1. The predicted octanol–water partition coefficient (Wildman–Crippen LogP) is 4.53. The molecular formula is C24H27ClN2O4. The van der Waals surface area contributed by atoms with E-state index in [9.17, 15) is 9.59 Å². The smallest absolute Gasteiger partial charge is 0.270 e. The minimum absolute atomic E-state index is 0.189. The summed E-state index contributed by atoms with van der Waals surface area (Å²) in [6.45, 7) is 1.37. The van der Waals surface area contributed by atoms with Crippen LogP contribution in [-0.4, -0.2) is 44.0 Å². The second-order valence-electron chi connectivity index (χ2n) is 7.34. The van der Waals surface area contributed by atoms with E-state index >= 15 is 0 Å². The van der Waals surface area contributed by atoms with Crippen LogP contribution < -0.4 is 14.8 Å². The van der Waals surface area contributed by atoms with E-state index in [1.54, 1.807) is 48.5 Å². The Balaban J connectivity index is 1.89. The third-order valence-electron chi connectivity index (χ3n) is 5.20. The van der Waals surface area contributed by atoms with Gasteiger partial charge in [0, 0.05) is 23.7 Å². The highest BCUT2D eigenvalue weighted by Crippen LogP contribution is 2.27. The van der Waals surface area contributed by atoms with Crippen LogP contribution in [0.3, 0.4) is 0 Å². The molecule has 0 radical (unpaired) electrons. The molecule has 164 valence electrons. The molecule has 1 aliphatic rings. The van der Waals surface area contributed by atoms with Crippen LogP contribution >= 0.6 is 11.6 Å². The summed E-state index contributed by atoms with van der Waals surface area (Å²) >= 11 is 5.98. The SMILES string of the molecule is COc1ccc(C(=O)NC(=Cc2ccc(Cl)cc2)C(=O)N2CCCCCC2)cc1OC. The molecule has 1 aliphatic heterocycles. The maximum absolute atomic E-state index is 13.3. The van der Waals surface area contributed by atoms with Gasteiger partial charge in [0.1, 0.15) is 5.70 Å². The topological polar surface area (TPSA) is 67.9 Å². The van der Waals surface area contributed by atoms with Crippen LogP contribution in [0.1, 0.15) is 41.6 Å². The van der Waals surface area contributed by atoms with Crippen molar-refractivity contribution in [1.29, 1.82) is 0 Å². The lowest BCUT2D eigenvalue weighted by Gasteiger charge is -2.22. The van der Waals surface area contributed by atoms with Crippen molar-refractivity contribution in [2.45, 2.75) is 25.7 Å². The number of amides is 2. The molecule has 3 rings (SSSR count). The van der Waals surface area contributed by atoms with Crippen LogP contribution in [0.5, 0.6) is 11.5 Å². The van der Waals surface area contributed by atoms with Crippen LogP contribution in [0.15, 0.2) is 48.2 Å². The lowest BCUT2D eigenvalue weighted by Crippen LogP contribution is -2.39. The molecule has 7 heteroatoms. The molecule has 0 spiro atoms. The van der Waals surface area contributed by atoms with Gasteiger partial charge in [-0.25, -0.2) is 0 Å². The Bertz CT molecular complexity index is 949. The van der Waals surface area contributed by atoms with Crippen molar-refractivity contribution in [1.82, 2.24) is 10.2 Å². The fourth-order valence-electron chi connectivity index (χ4n) is 3.49. The number of rotatable bonds is 6. The fraction of sp³-hybridized carbons (Fsp3) is 0.333. The standard InChI is InChI=1S/C24H27ClN2O4/c1-30-21-12-9-18(16-22(21)31-2)23(28)26-20(15-17-7-10-19(25)11-8-17)24(29)27-13-5-3-4-6-14-27/h7-12,15-16H,3-6,13-14H2,1-2H3,(H,26,28). The Morgan fingerprint density at radius 3 is 2.19 bits per heavy atom. The van der Waals surface area contributed by atoms with Crippen LogP contribution in [0, 0.1) is 0 Å². The third kappa shape index (κ3) is 6.01. The largest absolute Gasteiger partial charge is 0.493 e. The van der Waals surface area contributed by atoms with Gasteiger partial charge < -0.3 is 19.7 Å². The number of ether oxygens (including phenoxy) is 2. The van der Waals surface area contributed by atoms with Crippen LogP contribution in [0.2, 0.25) is 5.02 Å². The number of hydrogen-bond acceptors (Lipinski definition) is 4. The van der Waals surface area contributed by atoms with Gasteiger partial charge in [0.05, 0.1) is 14.2 Å². The summed E-state index contributed by atoms with van der Waals surface area (Å²) in [6.07, 6.45) is 5.82. The molecule has 2 aromatic rings. The molecule has 1 N–H and O–H groups in total. The molecular weight excluding hydrogens is 416 g/mol. The number of nitrogens with one attached hydrogen (secondary N) is 1. The van der Waals surface area contributed by atoms with Crippen LogP contribution in [0.25, 0.3) is 6.08 Å². The molecule has 0 aliphatic carbocycles. The van der Waals surface area contributed by atoms with E-state index in [-0.39, 0.29) is 11.6 Å². The maximum Gasteiger partial charge on any atom is 0.270 e. The summed E-state index contributed by atoms with van der Waals surface area (Å²) in [5.74, 6) is 0.379. The molecule has 0 saturated carbocycles. The first-order valence-electron chi connectivity index (χ1n) is 10.3. The number of likely N-dealkylation sites (tertiary alicyclic amines) is 1. The van der Waals surface area contributed by atoms with Crippen molar-refractivity contribution in [2.24, 2.45) is 0 Å². The zero-order valence-electron chi connectivity index (χ0n) is 17.8. The number of carbonyl (C=O) groups is 2. The number of halogens is 1. The average Bonchev–Trinajstić information content (AvgIpc) is 3.08. The van der Waals surface area contributed by atoms with Crippen molar-refractivity contribution in [3.8, 4) is 11.5 Å². The highest BCUT2D eigenvalue weighted by Gasteiger charge is 2.22. The van der Waals surface area contributed by atoms with E-state index in [0.29, 0.717) is 35.2 Å². The van der Waals surface area contributed by atoms with Gasteiger partial charge in [-0.3, -0.25) is 9.59 Å². The molecule has 0 atom stereocenters. The third-order valence-corrected chi connectivity index (χ3v) is 5.45. The number of hydrogen-bond donors (Lipinski definition) is 1. The van der Waals surface area contributed by atoms with Crippen molar-refractivity contribution >= 4 is 29.5 Å². The first-order valence-corrected chi connectivity index (χ1v) is 10.7. The van der Waals surface area contributed by atoms with Gasteiger partial charge in [0.2, 0.25) is 0 Å². The average molecular weight is 443 g/mol. The van der Waals surface area contributed by atoms with Gasteiger partial charge in [-0.15, -0.1) is 0 Å². The zero-order valence-corrected chi connectivity index (χ0v) is 18.6. The lowest BCUT2D eigenvalue weighted by atomic mass is 10.1. The Kier molecular flexibility index (Phi) is 7.95. The van der Waals surface area contributed by atoms with Crippen LogP contribution in [0.4, 0.5) is 0 Å². The molecule has 6 nitrogen and oxygen atoms in total. The Hall–Kier alpha value is -2.99. The molecule has 0 bridgehead atoms. The first-order chi connectivity index (χ1) is 15.0. The van der Waals surface area contributed by atoms with E-state index < -0.39 is 5.91 Å². The van der Waals surface area contributed by atoms with Gasteiger partial charge in [-0.2, -0.15) is 0 Å². The minimum Gasteiger partial charge on any atom is -0.493 e. The van der Waals surface area contributed by atoms with Gasteiger partial charge in [-0.1, -0.05) is 36.6 Å². The summed E-state index contributed by atoms with van der Waals surface area (Å²) in [6, 6.07) is 12.0. The summed E-state index contributed by atoms with van der Waals surface area (Å²) in [5.41, 5.74) is 1.36. The first kappa shape index (κ1) is 22.7. The van der Waals surface area contributed by atoms with Gasteiger partial charge in [0.15, 0.2) is 11.5 Å². The molecule has 2 amide bonds. The van der Waals surface area contributed by atoms with Gasteiger partial charge in [-0.05, 0) is 54.8 Å². The molecule has 1 fully saturated rings. The molecule has 0 unspecified atom stereocenters. The zero-order chi connectivity index (χ0) is 22.2. The molecule has 31 heavy (non-hydrogen) atoms. The van der Waals surface area contributed by atoms with Crippen LogP contribution in [-0.2, 0) is 4.79 Å². The maximum atomic E-state index is 13.3. The van der Waals surface area contributed by atoms with Crippen molar-refractivity contribution < 1.29 is 19.1 Å².